The summed E-state index contributed by atoms with van der Waals surface area (Å²) in [4.78, 5) is 12.1. The maximum atomic E-state index is 13.2. The maximum absolute atomic E-state index is 13.2. The van der Waals surface area contributed by atoms with Gasteiger partial charge in [-0.2, -0.15) is 13.2 Å². The monoisotopic (exact) mass is 327 g/mol. The molecule has 0 spiro atoms. The molecule has 0 aromatic heterocycles. The molecule has 0 bridgehead atoms. The Labute approximate surface area is 129 Å². The Bertz CT molecular complexity index is 713. The first-order chi connectivity index (χ1) is 10.8. The molecule has 0 aliphatic rings. The van der Waals surface area contributed by atoms with Gasteiger partial charge >= 0.3 is 6.18 Å². The molecular formula is C16H13F4NO2. The average molecular weight is 327 g/mol. The molecule has 0 unspecified atom stereocenters. The van der Waals surface area contributed by atoms with Gasteiger partial charge in [-0.05, 0) is 35.9 Å². The van der Waals surface area contributed by atoms with Crippen LogP contribution in [-0.2, 0) is 12.7 Å². The van der Waals surface area contributed by atoms with Crippen LogP contribution in [0.4, 0.5) is 17.6 Å². The normalized spacial score (nSPS) is 11.2. The fourth-order valence-electron chi connectivity index (χ4n) is 1.99. The predicted molar refractivity (Wildman–Crippen MR) is 75.6 cm³/mol. The van der Waals surface area contributed by atoms with Crippen LogP contribution in [0.5, 0.6) is 5.75 Å². The minimum Gasteiger partial charge on any atom is -0.496 e. The third kappa shape index (κ3) is 4.21. The zero-order valence-electron chi connectivity index (χ0n) is 12.1. The Morgan fingerprint density at radius 1 is 1.17 bits per heavy atom. The fourth-order valence-corrected chi connectivity index (χ4v) is 1.99. The van der Waals surface area contributed by atoms with Crippen molar-refractivity contribution in [3.8, 4) is 5.75 Å². The van der Waals surface area contributed by atoms with Crippen LogP contribution in [0.15, 0.2) is 42.5 Å². The van der Waals surface area contributed by atoms with E-state index in [1.807, 2.05) is 0 Å². The lowest BCUT2D eigenvalue weighted by Gasteiger charge is -2.11. The van der Waals surface area contributed by atoms with Gasteiger partial charge in [0, 0.05) is 6.54 Å². The second-order valence-electron chi connectivity index (χ2n) is 4.73. The number of methoxy groups -OCH3 is 1. The number of halogens is 4. The zero-order valence-corrected chi connectivity index (χ0v) is 12.1. The van der Waals surface area contributed by atoms with Crippen LogP contribution in [0.1, 0.15) is 21.5 Å². The summed E-state index contributed by atoms with van der Waals surface area (Å²) in [6.45, 7) is -0.123. The van der Waals surface area contributed by atoms with Gasteiger partial charge in [-0.3, -0.25) is 4.79 Å². The van der Waals surface area contributed by atoms with Crippen molar-refractivity contribution in [2.24, 2.45) is 0 Å². The summed E-state index contributed by atoms with van der Waals surface area (Å²) in [6.07, 6.45) is -4.45. The summed E-state index contributed by atoms with van der Waals surface area (Å²) in [6, 6.07) is 8.05. The molecule has 2 aromatic rings. The summed E-state index contributed by atoms with van der Waals surface area (Å²) in [5.41, 5.74) is -0.546. The van der Waals surface area contributed by atoms with Crippen LogP contribution < -0.4 is 10.1 Å². The van der Waals surface area contributed by atoms with E-state index in [4.69, 9.17) is 4.74 Å². The second kappa shape index (κ2) is 6.68. The van der Waals surface area contributed by atoms with Crippen LogP contribution in [0.2, 0.25) is 0 Å². The molecule has 1 amide bonds. The Morgan fingerprint density at radius 2 is 1.91 bits per heavy atom. The van der Waals surface area contributed by atoms with Crippen LogP contribution in [-0.4, -0.2) is 13.0 Å². The quantitative estimate of drug-likeness (QED) is 0.868. The molecule has 7 heteroatoms. The van der Waals surface area contributed by atoms with Gasteiger partial charge in [0.2, 0.25) is 0 Å². The van der Waals surface area contributed by atoms with Crippen molar-refractivity contribution < 1.29 is 27.1 Å². The molecule has 0 aliphatic heterocycles. The molecule has 3 nitrogen and oxygen atoms in total. The second-order valence-corrected chi connectivity index (χ2v) is 4.73. The largest absolute Gasteiger partial charge is 0.496 e. The molecule has 23 heavy (non-hydrogen) atoms. The number of hydrogen-bond donors (Lipinski definition) is 1. The van der Waals surface area contributed by atoms with Gasteiger partial charge in [0.05, 0.1) is 18.2 Å². The summed E-state index contributed by atoms with van der Waals surface area (Å²) in [7, 11) is 1.33. The molecule has 0 fully saturated rings. The van der Waals surface area contributed by atoms with Gasteiger partial charge < -0.3 is 10.1 Å². The Kier molecular flexibility index (Phi) is 4.88. The summed E-state index contributed by atoms with van der Waals surface area (Å²) < 4.78 is 56.1. The molecule has 2 aromatic carbocycles. The van der Waals surface area contributed by atoms with E-state index in [1.165, 1.54) is 25.3 Å². The van der Waals surface area contributed by atoms with Gasteiger partial charge in [-0.15, -0.1) is 0 Å². The molecule has 0 atom stereocenters. The lowest BCUT2D eigenvalue weighted by molar-refractivity contribution is -0.137. The van der Waals surface area contributed by atoms with Crippen molar-refractivity contribution in [1.29, 1.82) is 0 Å². The van der Waals surface area contributed by atoms with Gasteiger partial charge in [0.15, 0.2) is 0 Å². The molecule has 0 radical (unpaired) electrons. The van der Waals surface area contributed by atoms with Crippen molar-refractivity contribution >= 4 is 5.91 Å². The Balaban J connectivity index is 2.12. The number of benzene rings is 2. The Hall–Kier alpha value is -2.57. The number of rotatable bonds is 4. The number of carbonyl (C=O) groups excluding carboxylic acids is 1. The van der Waals surface area contributed by atoms with E-state index in [1.54, 1.807) is 0 Å². The number of hydrogen-bond acceptors (Lipinski definition) is 2. The highest BCUT2D eigenvalue weighted by atomic mass is 19.4. The predicted octanol–water partition coefficient (Wildman–Crippen LogP) is 3.78. The first-order valence-electron chi connectivity index (χ1n) is 6.59. The summed E-state index contributed by atoms with van der Waals surface area (Å²) in [5.74, 6) is -1.08. The SMILES string of the molecule is COc1ccc(F)cc1C(=O)NCc1cccc(C(F)(F)F)c1. The van der Waals surface area contributed by atoms with Crippen molar-refractivity contribution in [2.75, 3.05) is 7.11 Å². The number of alkyl halides is 3. The Morgan fingerprint density at radius 3 is 2.57 bits per heavy atom. The summed E-state index contributed by atoms with van der Waals surface area (Å²) >= 11 is 0. The smallest absolute Gasteiger partial charge is 0.416 e. The third-order valence-corrected chi connectivity index (χ3v) is 3.11. The first kappa shape index (κ1) is 16.8. The van der Waals surface area contributed by atoms with E-state index >= 15 is 0 Å². The third-order valence-electron chi connectivity index (χ3n) is 3.11. The molecule has 0 saturated carbocycles. The van der Waals surface area contributed by atoms with Crippen molar-refractivity contribution in [3.63, 3.8) is 0 Å². The van der Waals surface area contributed by atoms with E-state index in [2.05, 4.69) is 5.32 Å². The van der Waals surface area contributed by atoms with E-state index in [0.29, 0.717) is 0 Å². The lowest BCUT2D eigenvalue weighted by atomic mass is 10.1. The van der Waals surface area contributed by atoms with Crippen molar-refractivity contribution in [2.45, 2.75) is 12.7 Å². The van der Waals surface area contributed by atoms with Crippen LogP contribution in [0.25, 0.3) is 0 Å². The average Bonchev–Trinajstić information content (AvgIpc) is 2.52. The highest BCUT2D eigenvalue weighted by molar-refractivity contribution is 5.96. The van der Waals surface area contributed by atoms with E-state index < -0.39 is 23.5 Å². The van der Waals surface area contributed by atoms with Crippen molar-refractivity contribution in [3.05, 3.63) is 65.0 Å². The topological polar surface area (TPSA) is 38.3 Å². The van der Waals surface area contributed by atoms with Crippen LogP contribution >= 0.6 is 0 Å². The van der Waals surface area contributed by atoms with Gasteiger partial charge in [-0.1, -0.05) is 12.1 Å². The van der Waals surface area contributed by atoms with E-state index in [0.717, 1.165) is 24.3 Å². The van der Waals surface area contributed by atoms with Gasteiger partial charge in [0.25, 0.3) is 5.91 Å². The standard InChI is InChI=1S/C16H13F4NO2/c1-23-14-6-5-12(17)8-13(14)15(22)21-9-10-3-2-4-11(7-10)16(18,19)20/h2-8H,9H2,1H3,(H,21,22). The fraction of sp³-hybridized carbons (Fsp3) is 0.188. The highest BCUT2D eigenvalue weighted by Crippen LogP contribution is 2.29. The molecule has 2 rings (SSSR count). The minimum absolute atomic E-state index is 0.0283. The van der Waals surface area contributed by atoms with Crippen molar-refractivity contribution in [1.82, 2.24) is 5.32 Å². The highest BCUT2D eigenvalue weighted by Gasteiger charge is 2.30. The van der Waals surface area contributed by atoms with E-state index in [9.17, 15) is 22.4 Å². The summed E-state index contributed by atoms with van der Waals surface area (Å²) in [5, 5.41) is 2.44. The van der Waals surface area contributed by atoms with Gasteiger partial charge in [0.1, 0.15) is 11.6 Å². The minimum atomic E-state index is -4.45. The van der Waals surface area contributed by atoms with Gasteiger partial charge in [-0.25, -0.2) is 4.39 Å². The zero-order chi connectivity index (χ0) is 17.0. The number of ether oxygens (including phenoxy) is 1. The van der Waals surface area contributed by atoms with E-state index in [-0.39, 0.29) is 23.4 Å². The maximum Gasteiger partial charge on any atom is 0.416 e. The van der Waals surface area contributed by atoms with Crippen LogP contribution in [0, 0.1) is 5.82 Å². The number of nitrogens with one attached hydrogen (secondary N) is 1. The molecule has 0 heterocycles. The molecule has 0 saturated heterocycles. The molecule has 122 valence electrons. The lowest BCUT2D eigenvalue weighted by Crippen LogP contribution is -2.23. The molecule has 0 aliphatic carbocycles. The number of carbonyl (C=O) groups is 1. The number of amides is 1. The molecular weight excluding hydrogens is 314 g/mol. The first-order valence-corrected chi connectivity index (χ1v) is 6.59. The molecule has 1 N–H and O–H groups in total. The van der Waals surface area contributed by atoms with Crippen LogP contribution in [0.3, 0.4) is 0 Å².